The van der Waals surface area contributed by atoms with Gasteiger partial charge in [-0.1, -0.05) is 32.1 Å². The lowest BCUT2D eigenvalue weighted by Gasteiger charge is -2.26. The zero-order valence-electron chi connectivity index (χ0n) is 14.6. The number of aromatic amines is 1. The van der Waals surface area contributed by atoms with E-state index in [9.17, 15) is 9.59 Å². The molecule has 134 valence electrons. The van der Waals surface area contributed by atoms with Crippen LogP contribution in [-0.4, -0.2) is 25.5 Å². The van der Waals surface area contributed by atoms with Gasteiger partial charge in [0.1, 0.15) is 5.82 Å². The molecule has 0 bridgehead atoms. The third-order valence-electron chi connectivity index (χ3n) is 5.53. The number of anilines is 1. The maximum absolute atomic E-state index is 12.7. The first-order valence-corrected chi connectivity index (χ1v) is 9.26. The minimum atomic E-state index is -0.226. The van der Waals surface area contributed by atoms with E-state index >= 15 is 0 Å². The van der Waals surface area contributed by atoms with Crippen LogP contribution in [0.15, 0.2) is 17.2 Å². The minimum Gasteiger partial charge on any atom is -0.311 e. The van der Waals surface area contributed by atoms with Gasteiger partial charge in [-0.15, -0.1) is 0 Å². The number of carbonyl (C=O) groups is 1. The summed E-state index contributed by atoms with van der Waals surface area (Å²) in [5.74, 6) is 0.400. The van der Waals surface area contributed by atoms with E-state index in [4.69, 9.17) is 0 Å². The fourth-order valence-electron chi connectivity index (χ4n) is 4.26. The van der Waals surface area contributed by atoms with Crippen molar-refractivity contribution in [3.63, 3.8) is 0 Å². The number of amides is 1. The summed E-state index contributed by atoms with van der Waals surface area (Å²) in [6.45, 7) is 0. The van der Waals surface area contributed by atoms with E-state index < -0.39 is 0 Å². The van der Waals surface area contributed by atoms with Crippen molar-refractivity contribution in [2.24, 2.45) is 7.05 Å². The van der Waals surface area contributed by atoms with Crippen LogP contribution in [0.3, 0.4) is 0 Å². The van der Waals surface area contributed by atoms with Crippen molar-refractivity contribution < 1.29 is 4.79 Å². The van der Waals surface area contributed by atoms with Crippen LogP contribution >= 0.6 is 0 Å². The van der Waals surface area contributed by atoms with Crippen molar-refractivity contribution in [2.45, 2.75) is 63.3 Å². The number of carbonyl (C=O) groups excluding carboxylic acids is 1. The molecule has 0 saturated heterocycles. The van der Waals surface area contributed by atoms with Gasteiger partial charge in [-0.2, -0.15) is 5.10 Å². The number of H-pyrrole nitrogens is 1. The van der Waals surface area contributed by atoms with Crippen LogP contribution in [0.1, 0.15) is 74.5 Å². The van der Waals surface area contributed by atoms with Gasteiger partial charge < -0.3 is 5.32 Å². The molecule has 25 heavy (non-hydrogen) atoms. The van der Waals surface area contributed by atoms with Crippen molar-refractivity contribution in [3.05, 3.63) is 33.9 Å². The first-order chi connectivity index (χ1) is 12.1. The lowest BCUT2D eigenvalue weighted by molar-refractivity contribution is -0.116. The molecule has 7 heteroatoms. The predicted molar refractivity (Wildman–Crippen MR) is 94.7 cm³/mol. The smallest absolute Gasteiger partial charge is 0.270 e. The molecule has 2 N–H and O–H groups in total. The Hall–Kier alpha value is -2.31. The molecule has 0 unspecified atom stereocenters. The standard InChI is InChI=1S/C18H25N5O2/c1-22-11-12(10-19-22)14-9-15(24)20-17-16(14)18(25)21-23(17)13-7-5-3-2-4-6-8-13/h10-11,13-14H,2-9H2,1H3,(H,20,24)(H,21,25)/t14-/m1/s1. The summed E-state index contributed by atoms with van der Waals surface area (Å²) in [5, 5.41) is 10.2. The summed E-state index contributed by atoms with van der Waals surface area (Å²) in [6, 6.07) is 0.254. The average molecular weight is 343 g/mol. The molecule has 1 saturated carbocycles. The number of rotatable bonds is 2. The summed E-state index contributed by atoms with van der Waals surface area (Å²) in [6.07, 6.45) is 12.1. The minimum absolute atomic E-state index is 0.0417. The molecule has 0 aromatic carbocycles. The molecular weight excluding hydrogens is 318 g/mol. The highest BCUT2D eigenvalue weighted by Crippen LogP contribution is 2.37. The van der Waals surface area contributed by atoms with Gasteiger partial charge in [-0.25, -0.2) is 0 Å². The number of nitrogens with zero attached hydrogens (tertiary/aromatic N) is 3. The summed E-state index contributed by atoms with van der Waals surface area (Å²) >= 11 is 0. The van der Waals surface area contributed by atoms with Crippen LogP contribution in [0, 0.1) is 0 Å². The van der Waals surface area contributed by atoms with E-state index in [1.54, 1.807) is 10.9 Å². The number of fused-ring (bicyclic) bond motifs is 1. The van der Waals surface area contributed by atoms with Crippen LogP contribution in [0.5, 0.6) is 0 Å². The second-order valence-electron chi connectivity index (χ2n) is 7.32. The van der Waals surface area contributed by atoms with E-state index in [-0.39, 0.29) is 29.8 Å². The molecule has 0 spiro atoms. The largest absolute Gasteiger partial charge is 0.311 e. The van der Waals surface area contributed by atoms with E-state index in [2.05, 4.69) is 15.5 Å². The van der Waals surface area contributed by atoms with E-state index in [1.165, 1.54) is 32.1 Å². The predicted octanol–water partition coefficient (Wildman–Crippen LogP) is 2.67. The SMILES string of the molecule is Cn1cc([C@H]2CC(=O)Nc3c2c(=O)[nH]n3C2CCCCCCC2)cn1. The summed E-state index contributed by atoms with van der Waals surface area (Å²) in [5.41, 5.74) is 1.50. The van der Waals surface area contributed by atoms with Gasteiger partial charge in [-0.05, 0) is 18.4 Å². The van der Waals surface area contributed by atoms with Crippen molar-refractivity contribution in [1.29, 1.82) is 0 Å². The lowest BCUT2D eigenvalue weighted by Crippen LogP contribution is -2.27. The van der Waals surface area contributed by atoms with Crippen LogP contribution in [0.25, 0.3) is 0 Å². The molecule has 0 radical (unpaired) electrons. The zero-order valence-corrected chi connectivity index (χ0v) is 14.6. The highest BCUT2D eigenvalue weighted by molar-refractivity contribution is 5.94. The fraction of sp³-hybridized carbons (Fsp3) is 0.611. The number of aryl methyl sites for hydroxylation is 1. The number of aromatic nitrogens is 4. The maximum atomic E-state index is 12.7. The van der Waals surface area contributed by atoms with Gasteiger partial charge in [0.2, 0.25) is 5.91 Å². The van der Waals surface area contributed by atoms with Crippen molar-refractivity contribution in [2.75, 3.05) is 5.32 Å². The van der Waals surface area contributed by atoms with Crippen molar-refractivity contribution in [1.82, 2.24) is 19.6 Å². The van der Waals surface area contributed by atoms with Crippen molar-refractivity contribution >= 4 is 11.7 Å². The Balaban J connectivity index is 1.74. The van der Waals surface area contributed by atoms with Gasteiger partial charge in [0.15, 0.2) is 0 Å². The first kappa shape index (κ1) is 16.2. The normalized spacial score (nSPS) is 22.1. The molecule has 2 aliphatic rings. The van der Waals surface area contributed by atoms with E-state index in [0.29, 0.717) is 11.4 Å². The van der Waals surface area contributed by atoms with Crippen LogP contribution < -0.4 is 10.9 Å². The van der Waals surface area contributed by atoms with Crippen LogP contribution in [-0.2, 0) is 11.8 Å². The van der Waals surface area contributed by atoms with Gasteiger partial charge in [0, 0.05) is 25.6 Å². The van der Waals surface area contributed by atoms with Crippen LogP contribution in [0.4, 0.5) is 5.82 Å². The third kappa shape index (κ3) is 3.03. The highest BCUT2D eigenvalue weighted by atomic mass is 16.2. The van der Waals surface area contributed by atoms with Gasteiger partial charge in [0.05, 0.1) is 17.8 Å². The molecule has 1 aliphatic heterocycles. The third-order valence-corrected chi connectivity index (χ3v) is 5.53. The Morgan fingerprint density at radius 2 is 1.84 bits per heavy atom. The lowest BCUT2D eigenvalue weighted by atomic mass is 9.89. The second-order valence-corrected chi connectivity index (χ2v) is 7.32. The van der Waals surface area contributed by atoms with Crippen molar-refractivity contribution in [3.8, 4) is 0 Å². The number of nitrogens with one attached hydrogen (secondary N) is 2. The number of hydrogen-bond donors (Lipinski definition) is 2. The summed E-state index contributed by atoms with van der Waals surface area (Å²) in [7, 11) is 1.84. The highest BCUT2D eigenvalue weighted by Gasteiger charge is 2.34. The summed E-state index contributed by atoms with van der Waals surface area (Å²) < 4.78 is 3.64. The molecule has 2 aromatic heterocycles. The van der Waals surface area contributed by atoms with Gasteiger partial charge >= 0.3 is 0 Å². The fourth-order valence-corrected chi connectivity index (χ4v) is 4.26. The van der Waals surface area contributed by atoms with E-state index in [1.807, 2.05) is 17.9 Å². The molecule has 1 atom stereocenters. The second kappa shape index (κ2) is 6.54. The van der Waals surface area contributed by atoms with Gasteiger partial charge in [0.25, 0.3) is 5.56 Å². The molecule has 4 rings (SSSR count). The Labute approximate surface area is 146 Å². The van der Waals surface area contributed by atoms with E-state index in [0.717, 1.165) is 18.4 Å². The average Bonchev–Trinajstić information content (AvgIpc) is 3.11. The molecule has 2 aromatic rings. The Morgan fingerprint density at radius 3 is 2.52 bits per heavy atom. The Bertz CT molecular complexity index is 823. The molecule has 7 nitrogen and oxygen atoms in total. The Kier molecular flexibility index (Phi) is 4.23. The van der Waals surface area contributed by atoms with Crippen LogP contribution in [0.2, 0.25) is 0 Å². The number of hydrogen-bond acceptors (Lipinski definition) is 3. The topological polar surface area (TPSA) is 84.7 Å². The van der Waals surface area contributed by atoms with Gasteiger partial charge in [-0.3, -0.25) is 24.1 Å². The first-order valence-electron chi connectivity index (χ1n) is 9.26. The molecule has 3 heterocycles. The molecule has 1 fully saturated rings. The molecular formula is C18H25N5O2. The maximum Gasteiger partial charge on any atom is 0.270 e. The molecule has 1 amide bonds. The molecule has 1 aliphatic carbocycles. The zero-order chi connectivity index (χ0) is 17.4. The monoisotopic (exact) mass is 343 g/mol. The quantitative estimate of drug-likeness (QED) is 0.879. The summed E-state index contributed by atoms with van der Waals surface area (Å²) in [4.78, 5) is 25.0. The Morgan fingerprint density at radius 1 is 1.12 bits per heavy atom.